The molecule has 0 spiro atoms. The molecule has 1 aromatic carbocycles. The Bertz CT molecular complexity index is 419. The maximum atomic E-state index is 10.7. The van der Waals surface area contributed by atoms with E-state index in [1.54, 1.807) is 7.11 Å². The van der Waals surface area contributed by atoms with Gasteiger partial charge < -0.3 is 20.5 Å². The van der Waals surface area contributed by atoms with Crippen molar-refractivity contribution in [2.75, 3.05) is 13.7 Å². The van der Waals surface area contributed by atoms with Gasteiger partial charge in [-0.15, -0.1) is 0 Å². The SMILES string of the molecule is COc1ccc(CNC(C)C)cc1OCCC(N)=O. The maximum absolute atomic E-state index is 10.7. The molecule has 0 saturated carbocycles. The maximum Gasteiger partial charge on any atom is 0.220 e. The summed E-state index contributed by atoms with van der Waals surface area (Å²) in [5, 5.41) is 3.33. The van der Waals surface area contributed by atoms with E-state index in [1.165, 1.54) is 0 Å². The van der Waals surface area contributed by atoms with Crippen molar-refractivity contribution >= 4 is 5.91 Å². The third kappa shape index (κ3) is 5.61. The summed E-state index contributed by atoms with van der Waals surface area (Å²) in [7, 11) is 1.59. The van der Waals surface area contributed by atoms with Crippen molar-refractivity contribution in [3.05, 3.63) is 23.8 Å². The highest BCUT2D eigenvalue weighted by molar-refractivity contribution is 5.73. The summed E-state index contributed by atoms with van der Waals surface area (Å²) in [5.41, 5.74) is 6.18. The average molecular weight is 266 g/mol. The normalized spacial score (nSPS) is 10.5. The Morgan fingerprint density at radius 1 is 1.37 bits per heavy atom. The molecule has 0 fully saturated rings. The van der Waals surface area contributed by atoms with Gasteiger partial charge in [0.2, 0.25) is 5.91 Å². The van der Waals surface area contributed by atoms with Crippen molar-refractivity contribution in [3.8, 4) is 11.5 Å². The van der Waals surface area contributed by atoms with Crippen molar-refractivity contribution in [2.45, 2.75) is 32.9 Å². The first-order valence-corrected chi connectivity index (χ1v) is 6.34. The third-order valence-corrected chi connectivity index (χ3v) is 2.55. The second kappa shape index (κ2) is 7.63. The lowest BCUT2D eigenvalue weighted by molar-refractivity contribution is -0.118. The average Bonchev–Trinajstić information content (AvgIpc) is 2.36. The fourth-order valence-corrected chi connectivity index (χ4v) is 1.53. The number of hydrogen-bond acceptors (Lipinski definition) is 4. The number of hydrogen-bond donors (Lipinski definition) is 2. The number of carbonyl (C=O) groups excluding carboxylic acids is 1. The Morgan fingerprint density at radius 3 is 2.68 bits per heavy atom. The van der Waals surface area contributed by atoms with Gasteiger partial charge in [0.1, 0.15) is 0 Å². The third-order valence-electron chi connectivity index (χ3n) is 2.55. The number of carbonyl (C=O) groups is 1. The van der Waals surface area contributed by atoms with E-state index >= 15 is 0 Å². The van der Waals surface area contributed by atoms with E-state index in [4.69, 9.17) is 15.2 Å². The molecule has 1 aromatic rings. The second-order valence-electron chi connectivity index (χ2n) is 4.59. The largest absolute Gasteiger partial charge is 0.493 e. The van der Waals surface area contributed by atoms with Crippen molar-refractivity contribution in [1.82, 2.24) is 5.32 Å². The van der Waals surface area contributed by atoms with Crippen LogP contribution >= 0.6 is 0 Å². The molecule has 5 nitrogen and oxygen atoms in total. The highest BCUT2D eigenvalue weighted by atomic mass is 16.5. The van der Waals surface area contributed by atoms with Crippen LogP contribution in [0.3, 0.4) is 0 Å². The van der Waals surface area contributed by atoms with Crippen LogP contribution in [0.25, 0.3) is 0 Å². The van der Waals surface area contributed by atoms with E-state index in [2.05, 4.69) is 19.2 Å². The van der Waals surface area contributed by atoms with E-state index in [1.807, 2.05) is 18.2 Å². The molecule has 19 heavy (non-hydrogen) atoms. The molecule has 0 saturated heterocycles. The lowest BCUT2D eigenvalue weighted by atomic mass is 10.2. The van der Waals surface area contributed by atoms with Crippen molar-refractivity contribution < 1.29 is 14.3 Å². The molecule has 106 valence electrons. The summed E-state index contributed by atoms with van der Waals surface area (Å²) in [6.45, 7) is 5.20. The summed E-state index contributed by atoms with van der Waals surface area (Å²) in [6.07, 6.45) is 0.192. The van der Waals surface area contributed by atoms with Crippen molar-refractivity contribution in [1.29, 1.82) is 0 Å². The van der Waals surface area contributed by atoms with E-state index in [0.29, 0.717) is 17.5 Å². The monoisotopic (exact) mass is 266 g/mol. The minimum atomic E-state index is -0.378. The number of nitrogens with one attached hydrogen (secondary N) is 1. The second-order valence-corrected chi connectivity index (χ2v) is 4.59. The van der Waals surface area contributed by atoms with Crippen LogP contribution in [-0.2, 0) is 11.3 Å². The highest BCUT2D eigenvalue weighted by Crippen LogP contribution is 2.28. The summed E-state index contributed by atoms with van der Waals surface area (Å²) < 4.78 is 10.8. The van der Waals surface area contributed by atoms with Gasteiger partial charge in [-0.2, -0.15) is 0 Å². The van der Waals surface area contributed by atoms with Crippen LogP contribution in [0.2, 0.25) is 0 Å². The van der Waals surface area contributed by atoms with Gasteiger partial charge in [0.05, 0.1) is 20.1 Å². The molecule has 1 rings (SSSR count). The topological polar surface area (TPSA) is 73.6 Å². The molecule has 0 unspecified atom stereocenters. The summed E-state index contributed by atoms with van der Waals surface area (Å²) in [4.78, 5) is 10.7. The molecule has 0 aromatic heterocycles. The van der Waals surface area contributed by atoms with Gasteiger partial charge in [-0.25, -0.2) is 0 Å². The Hall–Kier alpha value is -1.75. The molecule has 5 heteroatoms. The number of benzene rings is 1. The molecular weight excluding hydrogens is 244 g/mol. The smallest absolute Gasteiger partial charge is 0.220 e. The zero-order valence-corrected chi connectivity index (χ0v) is 11.7. The number of primary amides is 1. The predicted octanol–water partition coefficient (Wildman–Crippen LogP) is 1.45. The lowest BCUT2D eigenvalue weighted by Crippen LogP contribution is -2.21. The molecule has 3 N–H and O–H groups in total. The first-order valence-electron chi connectivity index (χ1n) is 6.34. The minimum Gasteiger partial charge on any atom is -0.493 e. The first kappa shape index (κ1) is 15.3. The van der Waals surface area contributed by atoms with E-state index in [0.717, 1.165) is 12.1 Å². The fourth-order valence-electron chi connectivity index (χ4n) is 1.53. The van der Waals surface area contributed by atoms with Crippen LogP contribution in [0.5, 0.6) is 11.5 Å². The van der Waals surface area contributed by atoms with Crippen LogP contribution in [-0.4, -0.2) is 25.7 Å². The Labute approximate surface area is 114 Å². The molecular formula is C14H22N2O3. The molecule has 0 aliphatic heterocycles. The number of nitrogens with two attached hydrogens (primary N) is 1. The van der Waals surface area contributed by atoms with Gasteiger partial charge >= 0.3 is 0 Å². The predicted molar refractivity (Wildman–Crippen MR) is 74.3 cm³/mol. The zero-order chi connectivity index (χ0) is 14.3. The van der Waals surface area contributed by atoms with Crippen molar-refractivity contribution in [2.24, 2.45) is 5.73 Å². The summed E-state index contributed by atoms with van der Waals surface area (Å²) in [5.74, 6) is 0.904. The molecule has 0 heterocycles. The van der Waals surface area contributed by atoms with Crippen LogP contribution < -0.4 is 20.5 Å². The van der Waals surface area contributed by atoms with E-state index < -0.39 is 0 Å². The number of rotatable bonds is 8. The quantitative estimate of drug-likeness (QED) is 0.747. The van der Waals surface area contributed by atoms with Gasteiger partial charge in [-0.1, -0.05) is 19.9 Å². The standard InChI is InChI=1S/C14H22N2O3/c1-10(2)16-9-11-4-5-12(18-3)13(8-11)19-7-6-14(15)17/h4-5,8,10,16H,6-7,9H2,1-3H3,(H2,15,17). The fraction of sp³-hybridized carbons (Fsp3) is 0.500. The van der Waals surface area contributed by atoms with E-state index in [-0.39, 0.29) is 18.9 Å². The first-order chi connectivity index (χ1) is 9.02. The van der Waals surface area contributed by atoms with Crippen LogP contribution in [0.15, 0.2) is 18.2 Å². The van der Waals surface area contributed by atoms with Gasteiger partial charge in [-0.3, -0.25) is 4.79 Å². The molecule has 0 bridgehead atoms. The molecule has 0 radical (unpaired) electrons. The number of methoxy groups -OCH3 is 1. The van der Waals surface area contributed by atoms with Gasteiger partial charge in [0.15, 0.2) is 11.5 Å². The summed E-state index contributed by atoms with van der Waals surface area (Å²) in [6, 6.07) is 6.17. The lowest BCUT2D eigenvalue weighted by Gasteiger charge is -2.13. The van der Waals surface area contributed by atoms with Crippen molar-refractivity contribution in [3.63, 3.8) is 0 Å². The number of ether oxygens (including phenoxy) is 2. The zero-order valence-electron chi connectivity index (χ0n) is 11.7. The molecule has 0 atom stereocenters. The van der Waals surface area contributed by atoms with Crippen LogP contribution in [0.1, 0.15) is 25.8 Å². The minimum absolute atomic E-state index is 0.192. The highest BCUT2D eigenvalue weighted by Gasteiger charge is 2.07. The molecule has 1 amide bonds. The molecule has 0 aliphatic carbocycles. The van der Waals surface area contributed by atoms with E-state index in [9.17, 15) is 4.79 Å². The van der Waals surface area contributed by atoms with Crippen LogP contribution in [0.4, 0.5) is 0 Å². The molecule has 0 aliphatic rings. The number of amides is 1. The Morgan fingerprint density at radius 2 is 2.11 bits per heavy atom. The van der Waals surface area contributed by atoms with Crippen LogP contribution in [0, 0.1) is 0 Å². The summed E-state index contributed by atoms with van der Waals surface area (Å²) >= 11 is 0. The van der Waals surface area contributed by atoms with Gasteiger partial charge in [-0.05, 0) is 17.7 Å². The Kier molecular flexibility index (Phi) is 6.15. The van der Waals surface area contributed by atoms with Gasteiger partial charge in [0.25, 0.3) is 0 Å². The van der Waals surface area contributed by atoms with Gasteiger partial charge in [0, 0.05) is 12.6 Å². The Balaban J connectivity index is 2.69.